The first-order valence-electron chi connectivity index (χ1n) is 8.74. The van der Waals surface area contributed by atoms with Crippen molar-refractivity contribution in [2.75, 3.05) is 0 Å². The molecular weight excluding hydrogens is 388 g/mol. The van der Waals surface area contributed by atoms with Gasteiger partial charge < -0.3 is 0 Å². The molecule has 0 aliphatic carbocycles. The standard InChI is InChI=1S/C22H26NPSe/c1-17(20-16-10-12-18-11-8-9-15-21(18)20)23-24(25,22(2,3)4)19-13-6-5-7-14-19/h5-17H,1-4H3,(H,23,25)/t17-,24?/m0/s1. The van der Waals surface area contributed by atoms with Crippen LogP contribution in [0.2, 0.25) is 0 Å². The average molecular weight is 414 g/mol. The van der Waals surface area contributed by atoms with Crippen molar-refractivity contribution >= 4 is 36.8 Å². The van der Waals surface area contributed by atoms with E-state index in [0.29, 0.717) is 0 Å². The first kappa shape index (κ1) is 18.6. The van der Waals surface area contributed by atoms with Crippen molar-refractivity contribution in [3.05, 3.63) is 78.4 Å². The topological polar surface area (TPSA) is 12.0 Å². The molecule has 3 aromatic rings. The van der Waals surface area contributed by atoms with E-state index in [2.05, 4.69) is 121 Å². The first-order valence-corrected chi connectivity index (χ1v) is 12.7. The monoisotopic (exact) mass is 415 g/mol. The summed E-state index contributed by atoms with van der Waals surface area (Å²) in [5.41, 5.74) is -0.321. The summed E-state index contributed by atoms with van der Waals surface area (Å²) < 4.78 is 0. The van der Waals surface area contributed by atoms with Gasteiger partial charge in [0.05, 0.1) is 0 Å². The van der Waals surface area contributed by atoms with Crippen LogP contribution >= 0.6 is 5.66 Å². The van der Waals surface area contributed by atoms with Gasteiger partial charge in [-0.2, -0.15) is 0 Å². The third-order valence-electron chi connectivity index (χ3n) is 4.73. The minimum atomic E-state index is -1.68. The van der Waals surface area contributed by atoms with E-state index in [1.54, 1.807) is 0 Å². The number of benzene rings is 3. The Balaban J connectivity index is 2.04. The van der Waals surface area contributed by atoms with Crippen LogP contribution in [-0.2, 0) is 0 Å². The van der Waals surface area contributed by atoms with Crippen molar-refractivity contribution in [3.63, 3.8) is 0 Å². The van der Waals surface area contributed by atoms with E-state index in [1.165, 1.54) is 21.6 Å². The van der Waals surface area contributed by atoms with Gasteiger partial charge in [-0.25, -0.2) is 0 Å². The molecule has 3 aromatic carbocycles. The summed E-state index contributed by atoms with van der Waals surface area (Å²) in [6, 6.07) is 26.4. The van der Waals surface area contributed by atoms with Gasteiger partial charge in [0.15, 0.2) is 0 Å². The summed E-state index contributed by atoms with van der Waals surface area (Å²) in [6.07, 6.45) is 0. The molecule has 0 aliphatic heterocycles. The molecular formula is C22H26NPSe. The van der Waals surface area contributed by atoms with Crippen molar-refractivity contribution in [1.82, 2.24) is 5.09 Å². The molecule has 25 heavy (non-hydrogen) atoms. The third-order valence-corrected chi connectivity index (χ3v) is 13.8. The van der Waals surface area contributed by atoms with E-state index in [0.717, 1.165) is 0 Å². The second-order valence-corrected chi connectivity index (χ2v) is 14.3. The fourth-order valence-corrected chi connectivity index (χ4v) is 7.61. The molecule has 0 fully saturated rings. The SMILES string of the molecule is C[C@H](NP(=[Se])(c1ccccc1)C(C)(C)C)c1cccc2ccccc12. The van der Waals surface area contributed by atoms with Crippen molar-refractivity contribution < 1.29 is 0 Å². The number of rotatable bonds is 4. The zero-order chi connectivity index (χ0) is 18.1. The Bertz CT molecular complexity index is 907. The van der Waals surface area contributed by atoms with Crippen molar-refractivity contribution in [3.8, 4) is 0 Å². The van der Waals surface area contributed by atoms with Gasteiger partial charge in [0.25, 0.3) is 0 Å². The van der Waals surface area contributed by atoms with Crippen LogP contribution in [0.1, 0.15) is 39.3 Å². The third kappa shape index (κ3) is 3.69. The Morgan fingerprint density at radius 1 is 0.840 bits per heavy atom. The second kappa shape index (κ2) is 7.22. The number of fused-ring (bicyclic) bond motifs is 1. The Kier molecular flexibility index (Phi) is 5.37. The van der Waals surface area contributed by atoms with E-state index < -0.39 is 5.66 Å². The molecule has 2 atom stereocenters. The molecule has 0 aromatic heterocycles. The van der Waals surface area contributed by atoms with Gasteiger partial charge in [-0.1, -0.05) is 0 Å². The van der Waals surface area contributed by atoms with Crippen molar-refractivity contribution in [1.29, 1.82) is 0 Å². The van der Waals surface area contributed by atoms with Crippen LogP contribution in [0.15, 0.2) is 72.8 Å². The fraction of sp³-hybridized carbons (Fsp3) is 0.273. The molecule has 1 N–H and O–H groups in total. The number of hydrogen-bond donors (Lipinski definition) is 1. The van der Waals surface area contributed by atoms with Gasteiger partial charge in [-0.05, 0) is 0 Å². The van der Waals surface area contributed by atoms with Crippen molar-refractivity contribution in [2.24, 2.45) is 0 Å². The maximum atomic E-state index is 4.01. The Morgan fingerprint density at radius 2 is 1.44 bits per heavy atom. The molecule has 0 amide bonds. The van der Waals surface area contributed by atoms with Crippen LogP contribution in [0.25, 0.3) is 10.8 Å². The van der Waals surface area contributed by atoms with Gasteiger partial charge in [0, 0.05) is 0 Å². The van der Waals surface area contributed by atoms with E-state index in [-0.39, 0.29) is 11.2 Å². The maximum absolute atomic E-state index is 4.01. The Hall–Kier alpha value is -1.17. The van der Waals surface area contributed by atoms with Crippen LogP contribution in [0.3, 0.4) is 0 Å². The zero-order valence-electron chi connectivity index (χ0n) is 15.4. The number of hydrogen-bond acceptors (Lipinski definition) is 1. The fourth-order valence-electron chi connectivity index (χ4n) is 3.26. The van der Waals surface area contributed by atoms with Gasteiger partial charge in [0.2, 0.25) is 0 Å². The van der Waals surface area contributed by atoms with Gasteiger partial charge in [0.1, 0.15) is 0 Å². The zero-order valence-corrected chi connectivity index (χ0v) is 18.0. The van der Waals surface area contributed by atoms with Crippen molar-refractivity contribution in [2.45, 2.75) is 38.9 Å². The van der Waals surface area contributed by atoms with Crippen LogP contribution in [-0.4, -0.2) is 20.3 Å². The summed E-state index contributed by atoms with van der Waals surface area (Å²) in [7, 11) is 0. The molecule has 0 bridgehead atoms. The molecule has 130 valence electrons. The van der Waals surface area contributed by atoms with Gasteiger partial charge in [-0.3, -0.25) is 0 Å². The molecule has 0 saturated carbocycles. The number of nitrogens with one attached hydrogen (secondary N) is 1. The molecule has 0 spiro atoms. The average Bonchev–Trinajstić information content (AvgIpc) is 2.61. The summed E-state index contributed by atoms with van der Waals surface area (Å²) in [5.74, 6) is 0. The van der Waals surface area contributed by atoms with E-state index in [4.69, 9.17) is 0 Å². The summed E-state index contributed by atoms with van der Waals surface area (Å²) in [4.78, 5) is 0. The molecule has 1 unspecified atom stereocenters. The predicted molar refractivity (Wildman–Crippen MR) is 114 cm³/mol. The van der Waals surface area contributed by atoms with Crippen LogP contribution in [0, 0.1) is 0 Å². The first-order chi connectivity index (χ1) is 11.8. The molecule has 0 aliphatic rings. The molecule has 0 saturated heterocycles. The summed E-state index contributed by atoms with van der Waals surface area (Å²) >= 11 is 3.60. The molecule has 0 heterocycles. The Labute approximate surface area is 159 Å². The quantitative estimate of drug-likeness (QED) is 0.431. The summed E-state index contributed by atoms with van der Waals surface area (Å²) in [6.45, 7) is 9.26. The molecule has 0 radical (unpaired) electrons. The predicted octanol–water partition coefficient (Wildman–Crippen LogP) is 5.63. The molecule has 3 heteroatoms. The van der Waals surface area contributed by atoms with Gasteiger partial charge >= 0.3 is 159 Å². The van der Waals surface area contributed by atoms with Gasteiger partial charge in [-0.15, -0.1) is 0 Å². The Morgan fingerprint density at radius 3 is 2.12 bits per heavy atom. The minimum absolute atomic E-state index is 0.132. The van der Waals surface area contributed by atoms with E-state index in [1.807, 2.05) is 0 Å². The van der Waals surface area contributed by atoms with Crippen LogP contribution in [0.5, 0.6) is 0 Å². The van der Waals surface area contributed by atoms with Crippen LogP contribution in [0.4, 0.5) is 0 Å². The summed E-state index contributed by atoms with van der Waals surface area (Å²) in [5, 5.41) is 8.16. The molecule has 1 nitrogen and oxygen atoms in total. The van der Waals surface area contributed by atoms with E-state index >= 15 is 0 Å². The van der Waals surface area contributed by atoms with Crippen LogP contribution < -0.4 is 10.4 Å². The second-order valence-electron chi connectivity index (χ2n) is 7.53. The van der Waals surface area contributed by atoms with E-state index in [9.17, 15) is 0 Å². The normalized spacial score (nSPS) is 15.7. The molecule has 3 rings (SSSR count).